The number of hydrogen-bond acceptors (Lipinski definition) is 3. The zero-order valence-corrected chi connectivity index (χ0v) is 22.3. The molecule has 194 valence electrons. The Labute approximate surface area is 210 Å². The normalized spacial score (nSPS) is 18.5. The van der Waals surface area contributed by atoms with E-state index in [9.17, 15) is 4.79 Å². The van der Waals surface area contributed by atoms with E-state index < -0.39 is 0 Å². The molecule has 34 heavy (non-hydrogen) atoms. The van der Waals surface area contributed by atoms with Crippen LogP contribution in [0.5, 0.6) is 0 Å². The summed E-state index contributed by atoms with van der Waals surface area (Å²) in [6, 6.07) is 10.4. The largest absolute Gasteiger partial charge is 0.461 e. The van der Waals surface area contributed by atoms with Crippen LogP contribution in [0.2, 0.25) is 0 Å². The van der Waals surface area contributed by atoms with E-state index in [0.29, 0.717) is 6.61 Å². The van der Waals surface area contributed by atoms with Gasteiger partial charge in [-0.3, -0.25) is 4.79 Å². The van der Waals surface area contributed by atoms with Gasteiger partial charge in [0.05, 0.1) is 18.6 Å². The minimum Gasteiger partial charge on any atom is -0.461 e. The van der Waals surface area contributed by atoms with E-state index in [1.807, 2.05) is 6.07 Å². The van der Waals surface area contributed by atoms with Gasteiger partial charge < -0.3 is 9.47 Å². The molecule has 0 aromatic heterocycles. The SMILES string of the molecule is CCCCCCCCCCCCCCCCCC(C[C@H]1OC(=O)[C@@H]1CC)OCc1ccccc1. The van der Waals surface area contributed by atoms with Gasteiger partial charge >= 0.3 is 5.97 Å². The maximum absolute atomic E-state index is 11.7. The lowest BCUT2D eigenvalue weighted by Crippen LogP contribution is -2.46. The van der Waals surface area contributed by atoms with E-state index in [0.717, 1.165) is 19.3 Å². The number of ether oxygens (including phenoxy) is 2. The highest BCUT2D eigenvalue weighted by Gasteiger charge is 2.41. The fraction of sp³-hybridized carbons (Fsp3) is 0.774. The minimum atomic E-state index is -0.0266. The van der Waals surface area contributed by atoms with Crippen LogP contribution in [0.15, 0.2) is 30.3 Å². The molecule has 0 aliphatic carbocycles. The number of hydrogen-bond donors (Lipinski definition) is 0. The first-order valence-electron chi connectivity index (χ1n) is 14.6. The number of cyclic esters (lactones) is 1. The fourth-order valence-corrected chi connectivity index (χ4v) is 5.10. The van der Waals surface area contributed by atoms with Crippen molar-refractivity contribution in [3.63, 3.8) is 0 Å². The fourth-order valence-electron chi connectivity index (χ4n) is 5.10. The Balaban J connectivity index is 1.50. The van der Waals surface area contributed by atoms with Crippen molar-refractivity contribution in [3.05, 3.63) is 35.9 Å². The monoisotopic (exact) mass is 472 g/mol. The van der Waals surface area contributed by atoms with Gasteiger partial charge in [-0.25, -0.2) is 0 Å². The Kier molecular flexibility index (Phi) is 16.1. The number of esters is 1. The Hall–Kier alpha value is -1.35. The highest BCUT2D eigenvalue weighted by molar-refractivity contribution is 5.78. The van der Waals surface area contributed by atoms with Gasteiger partial charge in [0.2, 0.25) is 0 Å². The first-order chi connectivity index (χ1) is 16.7. The van der Waals surface area contributed by atoms with Crippen molar-refractivity contribution >= 4 is 5.97 Å². The topological polar surface area (TPSA) is 35.5 Å². The molecule has 1 saturated heterocycles. The average molecular weight is 473 g/mol. The van der Waals surface area contributed by atoms with Crippen molar-refractivity contribution in [2.75, 3.05) is 0 Å². The third-order valence-corrected chi connectivity index (χ3v) is 7.41. The molecule has 1 aromatic carbocycles. The molecule has 0 radical (unpaired) electrons. The minimum absolute atomic E-state index is 0.0266. The molecule has 0 N–H and O–H groups in total. The van der Waals surface area contributed by atoms with Crippen LogP contribution in [0.25, 0.3) is 0 Å². The van der Waals surface area contributed by atoms with Crippen LogP contribution in [0.1, 0.15) is 135 Å². The molecule has 3 atom stereocenters. The second kappa shape index (κ2) is 18.9. The van der Waals surface area contributed by atoms with Crippen LogP contribution in [-0.2, 0) is 20.9 Å². The molecule has 1 aliphatic rings. The molecule has 1 unspecified atom stereocenters. The second-order valence-electron chi connectivity index (χ2n) is 10.4. The van der Waals surface area contributed by atoms with Crippen molar-refractivity contribution in [3.8, 4) is 0 Å². The lowest BCUT2D eigenvalue weighted by Gasteiger charge is -2.36. The summed E-state index contributed by atoms with van der Waals surface area (Å²) in [5, 5.41) is 0. The molecule has 1 heterocycles. The van der Waals surface area contributed by atoms with Gasteiger partial charge in [0.25, 0.3) is 0 Å². The van der Waals surface area contributed by atoms with Gasteiger partial charge in [0.15, 0.2) is 0 Å². The smallest absolute Gasteiger partial charge is 0.313 e. The molecule has 3 heteroatoms. The summed E-state index contributed by atoms with van der Waals surface area (Å²) in [6.45, 7) is 5.00. The Morgan fingerprint density at radius 1 is 0.765 bits per heavy atom. The van der Waals surface area contributed by atoms with Gasteiger partial charge in [0.1, 0.15) is 6.10 Å². The van der Waals surface area contributed by atoms with Gasteiger partial charge in [-0.05, 0) is 18.4 Å². The maximum Gasteiger partial charge on any atom is 0.313 e. The Bertz CT molecular complexity index is 614. The number of rotatable bonds is 22. The molecule has 0 spiro atoms. The second-order valence-corrected chi connectivity index (χ2v) is 10.4. The first-order valence-corrected chi connectivity index (χ1v) is 14.6. The number of unbranched alkanes of at least 4 members (excludes halogenated alkanes) is 14. The molecule has 3 nitrogen and oxygen atoms in total. The molecule has 0 bridgehead atoms. The molecule has 1 fully saturated rings. The van der Waals surface area contributed by atoms with Gasteiger partial charge in [-0.1, -0.05) is 140 Å². The summed E-state index contributed by atoms with van der Waals surface area (Å²) in [4.78, 5) is 11.7. The molecule has 1 aliphatic heterocycles. The van der Waals surface area contributed by atoms with Crippen molar-refractivity contribution in [2.45, 2.75) is 148 Å². The van der Waals surface area contributed by atoms with Crippen molar-refractivity contribution in [1.29, 1.82) is 0 Å². The van der Waals surface area contributed by atoms with Crippen LogP contribution >= 0.6 is 0 Å². The third-order valence-electron chi connectivity index (χ3n) is 7.41. The lowest BCUT2D eigenvalue weighted by atomic mass is 9.89. The zero-order valence-electron chi connectivity index (χ0n) is 22.3. The molecule has 2 rings (SSSR count). The average Bonchev–Trinajstić information content (AvgIpc) is 2.85. The van der Waals surface area contributed by atoms with E-state index in [2.05, 4.69) is 38.1 Å². The first kappa shape index (κ1) is 28.9. The van der Waals surface area contributed by atoms with E-state index >= 15 is 0 Å². The molecular formula is C31H52O3. The molecule has 1 aromatic rings. The molecule has 0 amide bonds. The predicted octanol–water partition coefficient (Wildman–Crippen LogP) is 9.18. The lowest BCUT2D eigenvalue weighted by molar-refractivity contribution is -0.189. The summed E-state index contributed by atoms with van der Waals surface area (Å²) >= 11 is 0. The quantitative estimate of drug-likeness (QED) is 0.125. The van der Waals surface area contributed by atoms with Crippen molar-refractivity contribution < 1.29 is 14.3 Å². The molecule has 0 saturated carbocycles. The summed E-state index contributed by atoms with van der Waals surface area (Å²) in [5.74, 6) is 0.0465. The van der Waals surface area contributed by atoms with Gasteiger partial charge in [0, 0.05) is 6.42 Å². The van der Waals surface area contributed by atoms with E-state index in [1.165, 1.54) is 102 Å². The summed E-state index contributed by atoms with van der Waals surface area (Å²) in [7, 11) is 0. The molecular weight excluding hydrogens is 420 g/mol. The van der Waals surface area contributed by atoms with Crippen LogP contribution in [0.3, 0.4) is 0 Å². The van der Waals surface area contributed by atoms with Crippen molar-refractivity contribution in [1.82, 2.24) is 0 Å². The van der Waals surface area contributed by atoms with Crippen LogP contribution < -0.4 is 0 Å². The maximum atomic E-state index is 11.7. The van der Waals surface area contributed by atoms with Crippen molar-refractivity contribution in [2.24, 2.45) is 5.92 Å². The number of carbonyl (C=O) groups excluding carboxylic acids is 1. The Morgan fingerprint density at radius 3 is 1.79 bits per heavy atom. The summed E-state index contributed by atoms with van der Waals surface area (Å²) in [5.41, 5.74) is 1.21. The van der Waals surface area contributed by atoms with Gasteiger partial charge in [-0.2, -0.15) is 0 Å². The number of carbonyl (C=O) groups is 1. The van der Waals surface area contributed by atoms with Crippen LogP contribution in [-0.4, -0.2) is 18.2 Å². The van der Waals surface area contributed by atoms with E-state index in [-0.39, 0.29) is 24.1 Å². The van der Waals surface area contributed by atoms with Gasteiger partial charge in [-0.15, -0.1) is 0 Å². The van der Waals surface area contributed by atoms with E-state index in [1.54, 1.807) is 0 Å². The predicted molar refractivity (Wildman–Crippen MR) is 143 cm³/mol. The summed E-state index contributed by atoms with van der Waals surface area (Å²) < 4.78 is 11.7. The number of benzene rings is 1. The summed E-state index contributed by atoms with van der Waals surface area (Å²) in [6.07, 6.45) is 23.8. The highest BCUT2D eigenvalue weighted by Crippen LogP contribution is 2.31. The zero-order chi connectivity index (χ0) is 24.3. The van der Waals surface area contributed by atoms with E-state index in [4.69, 9.17) is 9.47 Å². The van der Waals surface area contributed by atoms with Crippen LogP contribution in [0, 0.1) is 5.92 Å². The van der Waals surface area contributed by atoms with Crippen LogP contribution in [0.4, 0.5) is 0 Å². The Morgan fingerprint density at radius 2 is 1.29 bits per heavy atom. The highest BCUT2D eigenvalue weighted by atomic mass is 16.6. The standard InChI is InChI=1S/C31H52O3/c1-3-5-6-7-8-9-10-11-12-13-14-15-16-17-21-24-28(25-30-29(4-2)31(32)34-30)33-26-27-22-19-18-20-23-27/h18-20,22-23,28-30H,3-17,21,24-26H2,1-2H3/t28?,29-,30-/m1/s1. The third kappa shape index (κ3) is 12.4.